The highest BCUT2D eigenvalue weighted by molar-refractivity contribution is 6.07. The highest BCUT2D eigenvalue weighted by Gasteiger charge is 2.24. The molecule has 2 N–H and O–H groups in total. The summed E-state index contributed by atoms with van der Waals surface area (Å²) in [6, 6.07) is 16.2. The topological polar surface area (TPSA) is 85.0 Å². The zero-order valence-corrected chi connectivity index (χ0v) is 22.7. The molecule has 0 aromatic heterocycles. The normalized spacial score (nSPS) is 16.1. The largest absolute Gasteiger partial charge is 0.368 e. The molecule has 3 aromatic rings. The number of amides is 3. The molecule has 2 heterocycles. The Morgan fingerprint density at radius 3 is 2.20 bits per heavy atom. The summed E-state index contributed by atoms with van der Waals surface area (Å²) in [7, 11) is 0. The predicted molar refractivity (Wildman–Crippen MR) is 153 cm³/mol. The van der Waals surface area contributed by atoms with Crippen LogP contribution in [0.1, 0.15) is 43.9 Å². The molecule has 0 radical (unpaired) electrons. The monoisotopic (exact) mass is 561 g/mol. The van der Waals surface area contributed by atoms with E-state index in [9.17, 15) is 23.2 Å². The van der Waals surface area contributed by atoms with Crippen LogP contribution in [0.2, 0.25) is 0 Å². The molecule has 3 aromatic carbocycles. The van der Waals surface area contributed by atoms with Gasteiger partial charge in [-0.05, 0) is 80.1 Å². The van der Waals surface area contributed by atoms with Gasteiger partial charge in [-0.3, -0.25) is 14.4 Å². The van der Waals surface area contributed by atoms with Crippen LogP contribution in [-0.4, -0.2) is 79.9 Å². The van der Waals surface area contributed by atoms with Gasteiger partial charge in [-0.2, -0.15) is 0 Å². The van der Waals surface area contributed by atoms with Crippen molar-refractivity contribution in [3.8, 4) is 0 Å². The maximum absolute atomic E-state index is 13.8. The minimum absolute atomic E-state index is 0.117. The Bertz CT molecular complexity index is 1410. The summed E-state index contributed by atoms with van der Waals surface area (Å²) < 4.78 is 27.2. The summed E-state index contributed by atoms with van der Waals surface area (Å²) in [5, 5.41) is 6.19. The molecule has 0 unspecified atom stereocenters. The maximum atomic E-state index is 13.8. The lowest BCUT2D eigenvalue weighted by Gasteiger charge is -2.27. The minimum Gasteiger partial charge on any atom is -0.368 e. The summed E-state index contributed by atoms with van der Waals surface area (Å²) in [6.45, 7) is 4.85. The second kappa shape index (κ2) is 12.9. The van der Waals surface area contributed by atoms with E-state index in [2.05, 4.69) is 15.5 Å². The molecule has 0 bridgehead atoms. The van der Waals surface area contributed by atoms with Crippen LogP contribution in [-0.2, 0) is 0 Å². The first kappa shape index (κ1) is 28.2. The molecule has 2 aliphatic rings. The fourth-order valence-electron chi connectivity index (χ4n) is 5.24. The molecule has 0 aliphatic carbocycles. The Hall–Kier alpha value is -4.31. The van der Waals surface area contributed by atoms with Gasteiger partial charge in [0.25, 0.3) is 17.7 Å². The Balaban J connectivity index is 1.39. The van der Waals surface area contributed by atoms with Crippen LogP contribution in [0.5, 0.6) is 0 Å². The molecule has 3 amide bonds. The van der Waals surface area contributed by atoms with E-state index in [-0.39, 0.29) is 17.4 Å². The van der Waals surface area contributed by atoms with Crippen LogP contribution in [0.4, 0.5) is 20.2 Å². The number of carbonyl (C=O) groups excluding carboxylic acids is 3. The molecular weight excluding hydrogens is 528 g/mol. The van der Waals surface area contributed by atoms with E-state index in [4.69, 9.17) is 0 Å². The van der Waals surface area contributed by atoms with Gasteiger partial charge in [0.15, 0.2) is 0 Å². The lowest BCUT2D eigenvalue weighted by Crippen LogP contribution is -2.35. The second-order valence-electron chi connectivity index (χ2n) is 10.2. The fraction of sp³-hybridized carbons (Fsp3) is 0.323. The first-order valence-electron chi connectivity index (χ1n) is 13.9. The zero-order chi connectivity index (χ0) is 28.8. The molecule has 5 rings (SSSR count). The molecule has 8 nitrogen and oxygen atoms in total. The SMILES string of the molecule is O=C(Nc1cc(C(=O)N2CCCNCC2)ccc1N1CCCN(C(=O)c2ccc(F)cc2)CC1)c1cccc(F)c1. The van der Waals surface area contributed by atoms with Crippen LogP contribution in [0.15, 0.2) is 66.7 Å². The summed E-state index contributed by atoms with van der Waals surface area (Å²) in [4.78, 5) is 45.2. The molecule has 214 valence electrons. The number of carbonyl (C=O) groups is 3. The summed E-state index contributed by atoms with van der Waals surface area (Å²) in [5.41, 5.74) is 2.19. The first-order chi connectivity index (χ1) is 19.9. The van der Waals surface area contributed by atoms with E-state index in [1.807, 2.05) is 6.07 Å². The molecular formula is C31H33F2N5O3. The van der Waals surface area contributed by atoms with E-state index >= 15 is 0 Å². The highest BCUT2D eigenvalue weighted by atomic mass is 19.1. The van der Waals surface area contributed by atoms with E-state index in [1.165, 1.54) is 48.5 Å². The number of rotatable bonds is 5. The summed E-state index contributed by atoms with van der Waals surface area (Å²) in [6.07, 6.45) is 1.53. The number of hydrogen-bond donors (Lipinski definition) is 2. The molecule has 41 heavy (non-hydrogen) atoms. The van der Waals surface area contributed by atoms with Gasteiger partial charge in [0.2, 0.25) is 0 Å². The van der Waals surface area contributed by atoms with Crippen LogP contribution < -0.4 is 15.5 Å². The number of halogens is 2. The van der Waals surface area contributed by atoms with Gasteiger partial charge in [-0.1, -0.05) is 6.07 Å². The molecule has 2 saturated heterocycles. The van der Waals surface area contributed by atoms with E-state index in [0.717, 1.165) is 13.0 Å². The van der Waals surface area contributed by atoms with Gasteiger partial charge in [0.05, 0.1) is 11.4 Å². The molecule has 2 fully saturated rings. The van der Waals surface area contributed by atoms with Gasteiger partial charge in [0, 0.05) is 62.5 Å². The van der Waals surface area contributed by atoms with Crippen molar-refractivity contribution in [2.75, 3.05) is 62.6 Å². The average Bonchev–Trinajstić information content (AvgIpc) is 3.41. The van der Waals surface area contributed by atoms with Crippen molar-refractivity contribution in [1.29, 1.82) is 0 Å². The predicted octanol–water partition coefficient (Wildman–Crippen LogP) is 4.01. The summed E-state index contributed by atoms with van der Waals surface area (Å²) >= 11 is 0. The van der Waals surface area contributed by atoms with Gasteiger partial charge >= 0.3 is 0 Å². The third kappa shape index (κ3) is 6.89. The van der Waals surface area contributed by atoms with Crippen molar-refractivity contribution in [3.63, 3.8) is 0 Å². The minimum atomic E-state index is -0.519. The lowest BCUT2D eigenvalue weighted by atomic mass is 10.1. The van der Waals surface area contributed by atoms with Gasteiger partial charge < -0.3 is 25.3 Å². The standard InChI is InChI=1S/C31H33F2N5O3/c32-25-9-6-22(7-10-25)30(40)38-16-3-15-36(18-19-38)28-11-8-24(31(41)37-14-2-12-34-13-17-37)21-27(28)35-29(39)23-4-1-5-26(33)20-23/h1,4-11,20-21,34H,2-3,12-19H2,(H,35,39). The second-order valence-corrected chi connectivity index (χ2v) is 10.2. The Kier molecular flexibility index (Phi) is 8.88. The van der Waals surface area contributed by atoms with Crippen molar-refractivity contribution in [2.45, 2.75) is 12.8 Å². The van der Waals surface area contributed by atoms with Crippen LogP contribution in [0, 0.1) is 11.6 Å². The Morgan fingerprint density at radius 2 is 1.39 bits per heavy atom. The third-order valence-corrected chi connectivity index (χ3v) is 7.42. The molecule has 0 atom stereocenters. The first-order valence-corrected chi connectivity index (χ1v) is 13.9. The van der Waals surface area contributed by atoms with Gasteiger partial charge in [-0.25, -0.2) is 8.78 Å². The van der Waals surface area contributed by atoms with Crippen LogP contribution in [0.3, 0.4) is 0 Å². The van der Waals surface area contributed by atoms with Crippen LogP contribution in [0.25, 0.3) is 0 Å². The highest BCUT2D eigenvalue weighted by Crippen LogP contribution is 2.30. The third-order valence-electron chi connectivity index (χ3n) is 7.42. The lowest BCUT2D eigenvalue weighted by molar-refractivity contribution is 0.0759. The molecule has 10 heteroatoms. The number of hydrogen-bond acceptors (Lipinski definition) is 5. The average molecular weight is 562 g/mol. The summed E-state index contributed by atoms with van der Waals surface area (Å²) in [5.74, 6) is -1.69. The Labute approximate surface area is 237 Å². The van der Waals surface area contributed by atoms with Crippen LogP contribution >= 0.6 is 0 Å². The fourth-order valence-corrected chi connectivity index (χ4v) is 5.24. The van der Waals surface area contributed by atoms with Crippen molar-refractivity contribution < 1.29 is 23.2 Å². The number of nitrogens with zero attached hydrogens (tertiary/aromatic N) is 3. The van der Waals surface area contributed by atoms with Crippen molar-refractivity contribution >= 4 is 29.1 Å². The zero-order valence-electron chi connectivity index (χ0n) is 22.7. The number of benzene rings is 3. The quantitative estimate of drug-likeness (QED) is 0.492. The molecule has 0 saturated carbocycles. The Morgan fingerprint density at radius 1 is 0.659 bits per heavy atom. The van der Waals surface area contributed by atoms with Crippen molar-refractivity contribution in [2.24, 2.45) is 0 Å². The van der Waals surface area contributed by atoms with Crippen molar-refractivity contribution in [1.82, 2.24) is 15.1 Å². The van der Waals surface area contributed by atoms with E-state index < -0.39 is 17.5 Å². The smallest absolute Gasteiger partial charge is 0.255 e. The maximum Gasteiger partial charge on any atom is 0.255 e. The number of nitrogens with one attached hydrogen (secondary N) is 2. The molecule has 0 spiro atoms. The van der Waals surface area contributed by atoms with E-state index in [1.54, 1.807) is 21.9 Å². The van der Waals surface area contributed by atoms with Gasteiger partial charge in [0.1, 0.15) is 11.6 Å². The van der Waals surface area contributed by atoms with Crippen molar-refractivity contribution in [3.05, 3.63) is 95.1 Å². The van der Waals surface area contributed by atoms with Gasteiger partial charge in [-0.15, -0.1) is 0 Å². The van der Waals surface area contributed by atoms with E-state index in [0.29, 0.717) is 74.7 Å². The molecule has 2 aliphatic heterocycles. The number of anilines is 2.